The molecule has 0 aromatic heterocycles. The number of hydrogen-bond acceptors (Lipinski definition) is 4. The van der Waals surface area contributed by atoms with E-state index in [1.807, 2.05) is 20.8 Å². The van der Waals surface area contributed by atoms with Gasteiger partial charge in [0.25, 0.3) is 0 Å². The molecule has 5 heteroatoms. The van der Waals surface area contributed by atoms with E-state index in [9.17, 15) is 4.79 Å². The van der Waals surface area contributed by atoms with E-state index in [0.717, 1.165) is 0 Å². The fourth-order valence-electron chi connectivity index (χ4n) is 1.64. The van der Waals surface area contributed by atoms with Crippen LogP contribution in [0.2, 0.25) is 0 Å². The Bertz CT molecular complexity index is 507. The molecule has 0 spiro atoms. The third kappa shape index (κ3) is 5.27. The Hall–Kier alpha value is -2.35. The number of hydrogen-bond donors (Lipinski definition) is 1. The molecule has 0 aliphatic rings. The first-order valence-corrected chi connectivity index (χ1v) is 6.97. The first-order valence-electron chi connectivity index (χ1n) is 6.97. The lowest BCUT2D eigenvalue weighted by molar-refractivity contribution is 0.136. The Morgan fingerprint density at radius 1 is 1.24 bits per heavy atom. The highest BCUT2D eigenvalue weighted by atomic mass is 16.6. The molecule has 0 radical (unpaired) electrons. The molecule has 1 unspecified atom stereocenters. The number of benzene rings is 1. The second-order valence-corrected chi connectivity index (χ2v) is 4.12. The Kier molecular flexibility index (Phi) is 6.96. The van der Waals surface area contributed by atoms with Gasteiger partial charge in [0.2, 0.25) is 0 Å². The molecular formula is C16H21NO4. The summed E-state index contributed by atoms with van der Waals surface area (Å²) in [6.45, 7) is 6.66. The van der Waals surface area contributed by atoms with Crippen LogP contribution in [0, 0.1) is 12.3 Å². The maximum Gasteiger partial charge on any atom is 0.412 e. The number of anilines is 1. The number of carbonyl (C=O) groups excluding carboxylic acids is 1. The molecule has 0 saturated heterocycles. The smallest absolute Gasteiger partial charge is 0.412 e. The highest BCUT2D eigenvalue weighted by molar-refractivity contribution is 5.85. The van der Waals surface area contributed by atoms with Crippen molar-refractivity contribution in [1.29, 1.82) is 0 Å². The van der Waals surface area contributed by atoms with Crippen molar-refractivity contribution in [2.75, 3.05) is 18.5 Å². The van der Waals surface area contributed by atoms with Gasteiger partial charge in [-0.05, 0) is 32.4 Å². The number of nitrogens with one attached hydrogen (secondary N) is 1. The molecule has 0 heterocycles. The van der Waals surface area contributed by atoms with Crippen LogP contribution < -0.4 is 14.8 Å². The average molecular weight is 291 g/mol. The molecule has 0 bridgehead atoms. The lowest BCUT2D eigenvalue weighted by atomic mass is 10.2. The van der Waals surface area contributed by atoms with Gasteiger partial charge in [-0.1, -0.05) is 12.8 Å². The van der Waals surface area contributed by atoms with Gasteiger partial charge in [0.05, 0.1) is 13.2 Å². The predicted molar refractivity (Wildman–Crippen MR) is 81.8 cm³/mol. The average Bonchev–Trinajstić information content (AvgIpc) is 2.48. The molecule has 1 aromatic rings. The Balaban J connectivity index is 2.77. The Morgan fingerprint density at radius 3 is 2.48 bits per heavy atom. The van der Waals surface area contributed by atoms with Crippen LogP contribution in [-0.2, 0) is 4.74 Å². The Labute approximate surface area is 125 Å². The number of ether oxygens (including phenoxy) is 3. The van der Waals surface area contributed by atoms with Crippen LogP contribution >= 0.6 is 0 Å². The fraction of sp³-hybridized carbons (Fsp3) is 0.438. The number of amides is 1. The molecule has 1 amide bonds. The first-order chi connectivity index (χ1) is 10.1. The van der Waals surface area contributed by atoms with Crippen LogP contribution in [0.3, 0.4) is 0 Å². The van der Waals surface area contributed by atoms with Gasteiger partial charge in [0.1, 0.15) is 0 Å². The normalized spacial score (nSPS) is 11.1. The predicted octanol–water partition coefficient (Wildman–Crippen LogP) is 3.44. The molecule has 5 nitrogen and oxygen atoms in total. The van der Waals surface area contributed by atoms with E-state index in [-0.39, 0.29) is 0 Å². The summed E-state index contributed by atoms with van der Waals surface area (Å²) in [4.78, 5) is 11.7. The zero-order chi connectivity index (χ0) is 15.7. The van der Waals surface area contributed by atoms with Gasteiger partial charge in [0, 0.05) is 11.8 Å². The molecule has 0 fully saturated rings. The van der Waals surface area contributed by atoms with Crippen LogP contribution in [0.5, 0.6) is 11.5 Å². The largest absolute Gasteiger partial charge is 0.490 e. The molecule has 114 valence electrons. The van der Waals surface area contributed by atoms with Crippen molar-refractivity contribution in [1.82, 2.24) is 0 Å². The van der Waals surface area contributed by atoms with E-state index in [1.54, 1.807) is 18.2 Å². The minimum atomic E-state index is -0.591. The van der Waals surface area contributed by atoms with E-state index in [4.69, 9.17) is 20.6 Å². The summed E-state index contributed by atoms with van der Waals surface area (Å²) in [5.41, 5.74) is 0.554. The highest BCUT2D eigenvalue weighted by Gasteiger charge is 2.12. The standard InChI is InChI=1S/C16H21NO4/c1-5-13(6-2)21-16(18)17-12-9-10-14(19-7-3)15(11-12)20-8-4/h1,9-11,13H,6-8H2,2-4H3,(H,17,18). The number of terminal acetylenes is 1. The summed E-state index contributed by atoms with van der Waals surface area (Å²) in [6, 6.07) is 5.14. The van der Waals surface area contributed by atoms with E-state index >= 15 is 0 Å². The van der Waals surface area contributed by atoms with E-state index in [2.05, 4.69) is 11.2 Å². The summed E-state index contributed by atoms with van der Waals surface area (Å²) >= 11 is 0. The van der Waals surface area contributed by atoms with Gasteiger partial charge < -0.3 is 14.2 Å². The molecule has 0 aliphatic carbocycles. The van der Waals surface area contributed by atoms with Gasteiger partial charge in [-0.25, -0.2) is 4.79 Å². The molecule has 0 aliphatic heterocycles. The zero-order valence-corrected chi connectivity index (χ0v) is 12.6. The van der Waals surface area contributed by atoms with Crippen molar-refractivity contribution in [3.63, 3.8) is 0 Å². The second-order valence-electron chi connectivity index (χ2n) is 4.12. The molecule has 1 aromatic carbocycles. The van der Waals surface area contributed by atoms with E-state index in [0.29, 0.717) is 36.8 Å². The van der Waals surface area contributed by atoms with Gasteiger partial charge in [0.15, 0.2) is 17.6 Å². The maximum atomic E-state index is 11.7. The van der Waals surface area contributed by atoms with Crippen molar-refractivity contribution in [2.45, 2.75) is 33.3 Å². The molecule has 0 saturated carbocycles. The minimum Gasteiger partial charge on any atom is -0.490 e. The quantitative estimate of drug-likeness (QED) is 0.782. The third-order valence-electron chi connectivity index (χ3n) is 2.60. The summed E-state index contributed by atoms with van der Waals surface area (Å²) in [5.74, 6) is 3.60. The number of carbonyl (C=O) groups is 1. The van der Waals surface area contributed by atoms with Gasteiger partial charge >= 0.3 is 6.09 Å². The monoisotopic (exact) mass is 291 g/mol. The topological polar surface area (TPSA) is 56.8 Å². The van der Waals surface area contributed by atoms with E-state index in [1.165, 1.54) is 0 Å². The summed E-state index contributed by atoms with van der Waals surface area (Å²) in [6.07, 6.45) is 4.70. The van der Waals surface area contributed by atoms with Crippen LogP contribution in [0.4, 0.5) is 10.5 Å². The molecule has 1 N–H and O–H groups in total. The van der Waals surface area contributed by atoms with Crippen molar-refractivity contribution in [3.05, 3.63) is 18.2 Å². The van der Waals surface area contributed by atoms with Gasteiger partial charge in [-0.15, -0.1) is 6.42 Å². The second kappa shape index (κ2) is 8.75. The lowest BCUT2D eigenvalue weighted by Gasteiger charge is -2.14. The van der Waals surface area contributed by atoms with Gasteiger partial charge in [-0.2, -0.15) is 0 Å². The molecular weight excluding hydrogens is 270 g/mol. The fourth-order valence-corrected chi connectivity index (χ4v) is 1.64. The summed E-state index contributed by atoms with van der Waals surface area (Å²) in [7, 11) is 0. The SMILES string of the molecule is C#CC(CC)OC(=O)Nc1ccc(OCC)c(OCC)c1. The highest BCUT2D eigenvalue weighted by Crippen LogP contribution is 2.30. The lowest BCUT2D eigenvalue weighted by Crippen LogP contribution is -2.20. The first kappa shape index (κ1) is 16.7. The van der Waals surface area contributed by atoms with Crippen LogP contribution in [0.15, 0.2) is 18.2 Å². The summed E-state index contributed by atoms with van der Waals surface area (Å²) < 4.78 is 16.0. The van der Waals surface area contributed by atoms with Crippen molar-refractivity contribution >= 4 is 11.8 Å². The molecule has 1 rings (SSSR count). The van der Waals surface area contributed by atoms with Crippen molar-refractivity contribution in [2.24, 2.45) is 0 Å². The molecule has 21 heavy (non-hydrogen) atoms. The van der Waals surface area contributed by atoms with E-state index < -0.39 is 12.2 Å². The minimum absolute atomic E-state index is 0.503. The van der Waals surface area contributed by atoms with Crippen LogP contribution in [-0.4, -0.2) is 25.4 Å². The van der Waals surface area contributed by atoms with Crippen molar-refractivity contribution in [3.8, 4) is 23.8 Å². The number of rotatable bonds is 7. The summed E-state index contributed by atoms with van der Waals surface area (Å²) in [5, 5.41) is 2.62. The van der Waals surface area contributed by atoms with Crippen LogP contribution in [0.25, 0.3) is 0 Å². The zero-order valence-electron chi connectivity index (χ0n) is 12.6. The maximum absolute atomic E-state index is 11.7. The molecule has 1 atom stereocenters. The third-order valence-corrected chi connectivity index (χ3v) is 2.60. The Morgan fingerprint density at radius 2 is 1.90 bits per heavy atom. The van der Waals surface area contributed by atoms with Crippen molar-refractivity contribution < 1.29 is 19.0 Å². The van der Waals surface area contributed by atoms with Crippen LogP contribution in [0.1, 0.15) is 27.2 Å². The van der Waals surface area contributed by atoms with Gasteiger partial charge in [-0.3, -0.25) is 5.32 Å².